The molecule has 4 rings (SSSR count). The molecule has 0 saturated carbocycles. The maximum atomic E-state index is 13.7. The van der Waals surface area contributed by atoms with E-state index in [0.717, 1.165) is 68.5 Å². The number of esters is 2. The van der Waals surface area contributed by atoms with Crippen molar-refractivity contribution < 1.29 is 19.1 Å². The van der Waals surface area contributed by atoms with Crippen LogP contribution in [-0.2, 0) is 22.3 Å². The minimum Gasteiger partial charge on any atom is -0.418 e. The van der Waals surface area contributed by atoms with Gasteiger partial charge in [0.25, 0.3) is 0 Å². The first-order valence-electron chi connectivity index (χ1n) is 14.5. The molecular formula is C38H40O4. The standard InChI is InChI=1S/C38H40O4/c1-9-29-11-15-31(16-12-29)37(39)41-35(33-25(5)19-23(3)20-26(33)6)36(34-27(7)21-24(4)22-28(34)8)42-38(40)32-17-13-30(10-2)14-18-32/h11-22H,9-10H2,1-8H3/b36-35+. The Labute approximate surface area is 250 Å². The van der Waals surface area contributed by atoms with E-state index in [4.69, 9.17) is 9.47 Å². The van der Waals surface area contributed by atoms with E-state index in [1.807, 2.05) is 90.1 Å². The van der Waals surface area contributed by atoms with Gasteiger partial charge in [-0.05, 0) is 112 Å². The van der Waals surface area contributed by atoms with Crippen molar-refractivity contribution in [2.45, 2.75) is 68.2 Å². The van der Waals surface area contributed by atoms with Gasteiger partial charge in [-0.3, -0.25) is 0 Å². The summed E-state index contributed by atoms with van der Waals surface area (Å²) in [6.45, 7) is 16.1. The molecule has 4 heteroatoms. The summed E-state index contributed by atoms with van der Waals surface area (Å²) < 4.78 is 12.6. The molecule has 0 aliphatic carbocycles. The molecule has 0 unspecified atom stereocenters. The van der Waals surface area contributed by atoms with Gasteiger partial charge in [-0.25, -0.2) is 9.59 Å². The summed E-state index contributed by atoms with van der Waals surface area (Å²) in [5, 5.41) is 0. The van der Waals surface area contributed by atoms with Crippen molar-refractivity contribution in [1.29, 1.82) is 0 Å². The van der Waals surface area contributed by atoms with Gasteiger partial charge in [0.15, 0.2) is 11.5 Å². The summed E-state index contributed by atoms with van der Waals surface area (Å²) in [4.78, 5) is 27.4. The minimum atomic E-state index is -0.518. The van der Waals surface area contributed by atoms with Crippen molar-refractivity contribution in [1.82, 2.24) is 0 Å². The molecule has 0 aliphatic heterocycles. The summed E-state index contributed by atoms with van der Waals surface area (Å²) in [7, 11) is 0. The Morgan fingerprint density at radius 2 is 0.786 bits per heavy atom. The number of rotatable bonds is 8. The zero-order valence-electron chi connectivity index (χ0n) is 26.0. The van der Waals surface area contributed by atoms with Crippen LogP contribution in [0.25, 0.3) is 11.5 Å². The van der Waals surface area contributed by atoms with Gasteiger partial charge in [-0.2, -0.15) is 0 Å². The van der Waals surface area contributed by atoms with Crippen molar-refractivity contribution >= 4 is 23.5 Å². The molecule has 0 aliphatic rings. The molecule has 4 aromatic carbocycles. The quantitative estimate of drug-likeness (QED) is 0.122. The van der Waals surface area contributed by atoms with Gasteiger partial charge in [0.1, 0.15) is 0 Å². The Morgan fingerprint density at radius 3 is 1.05 bits per heavy atom. The molecule has 0 fully saturated rings. The SMILES string of the molecule is CCc1ccc(C(=O)O/C(=C(/OC(=O)c2ccc(CC)cc2)c2c(C)cc(C)cc2C)c2c(C)cc(C)cc2C)cc1. The van der Waals surface area contributed by atoms with Crippen molar-refractivity contribution in [3.63, 3.8) is 0 Å². The number of hydrogen-bond donors (Lipinski definition) is 0. The van der Waals surface area contributed by atoms with Crippen LogP contribution < -0.4 is 0 Å². The summed E-state index contributed by atoms with van der Waals surface area (Å²) in [5.41, 5.74) is 10.4. The maximum Gasteiger partial charge on any atom is 0.343 e. The molecule has 0 aromatic heterocycles. The normalized spacial score (nSPS) is 11.6. The molecule has 216 valence electrons. The van der Waals surface area contributed by atoms with Gasteiger partial charge in [0, 0.05) is 11.1 Å². The summed E-state index contributed by atoms with van der Waals surface area (Å²) >= 11 is 0. The Bertz CT molecular complexity index is 1480. The molecule has 0 N–H and O–H groups in total. The number of hydrogen-bond acceptors (Lipinski definition) is 4. The van der Waals surface area contributed by atoms with Crippen LogP contribution in [0.4, 0.5) is 0 Å². The van der Waals surface area contributed by atoms with E-state index in [-0.39, 0.29) is 11.5 Å². The minimum absolute atomic E-state index is 0.225. The summed E-state index contributed by atoms with van der Waals surface area (Å²) in [5.74, 6) is -0.586. The average molecular weight is 561 g/mol. The Morgan fingerprint density at radius 1 is 0.500 bits per heavy atom. The lowest BCUT2D eigenvalue weighted by molar-refractivity contribution is 0.0646. The van der Waals surface area contributed by atoms with E-state index in [2.05, 4.69) is 13.8 Å². The molecule has 0 heterocycles. The maximum absolute atomic E-state index is 13.7. The largest absolute Gasteiger partial charge is 0.418 e. The highest BCUT2D eigenvalue weighted by molar-refractivity contribution is 6.02. The van der Waals surface area contributed by atoms with Crippen LogP contribution in [0.1, 0.15) is 90.2 Å². The Hall–Kier alpha value is -4.44. The Kier molecular flexibility index (Phi) is 9.47. The van der Waals surface area contributed by atoms with Gasteiger partial charge in [0.2, 0.25) is 0 Å². The lowest BCUT2D eigenvalue weighted by Crippen LogP contribution is -2.14. The molecule has 42 heavy (non-hydrogen) atoms. The van der Waals surface area contributed by atoms with Crippen LogP contribution in [0.2, 0.25) is 0 Å². The van der Waals surface area contributed by atoms with Crippen molar-refractivity contribution in [3.05, 3.63) is 140 Å². The van der Waals surface area contributed by atoms with E-state index in [0.29, 0.717) is 11.1 Å². The molecule has 0 atom stereocenters. The third kappa shape index (κ3) is 6.71. The first kappa shape index (κ1) is 30.5. The number of benzene rings is 4. The third-order valence-corrected chi connectivity index (χ3v) is 7.60. The molecule has 4 nitrogen and oxygen atoms in total. The predicted octanol–water partition coefficient (Wildman–Crippen LogP) is 9.20. The highest BCUT2D eigenvalue weighted by Gasteiger charge is 2.27. The lowest BCUT2D eigenvalue weighted by atomic mass is 9.93. The van der Waals surface area contributed by atoms with Gasteiger partial charge in [-0.1, -0.05) is 73.5 Å². The second-order valence-corrected chi connectivity index (χ2v) is 11.1. The fourth-order valence-corrected chi connectivity index (χ4v) is 5.55. The highest BCUT2D eigenvalue weighted by atomic mass is 16.6. The van der Waals surface area contributed by atoms with Crippen LogP contribution in [-0.4, -0.2) is 11.9 Å². The first-order valence-corrected chi connectivity index (χ1v) is 14.5. The molecule has 4 aromatic rings. The second kappa shape index (κ2) is 13.0. The van der Waals surface area contributed by atoms with E-state index in [1.54, 1.807) is 24.3 Å². The van der Waals surface area contributed by atoms with E-state index in [9.17, 15) is 9.59 Å². The topological polar surface area (TPSA) is 52.6 Å². The van der Waals surface area contributed by atoms with E-state index >= 15 is 0 Å². The van der Waals surface area contributed by atoms with Crippen LogP contribution in [0.15, 0.2) is 72.8 Å². The zero-order chi connectivity index (χ0) is 30.6. The molecule has 0 bridgehead atoms. The van der Waals surface area contributed by atoms with E-state index in [1.165, 1.54) is 0 Å². The van der Waals surface area contributed by atoms with Gasteiger partial charge < -0.3 is 9.47 Å². The predicted molar refractivity (Wildman–Crippen MR) is 171 cm³/mol. The first-order chi connectivity index (χ1) is 20.0. The van der Waals surface area contributed by atoms with Crippen molar-refractivity contribution in [2.24, 2.45) is 0 Å². The van der Waals surface area contributed by atoms with Crippen LogP contribution in [0, 0.1) is 41.5 Å². The second-order valence-electron chi connectivity index (χ2n) is 11.1. The number of carbonyl (C=O) groups is 2. The van der Waals surface area contributed by atoms with Gasteiger partial charge in [0.05, 0.1) is 11.1 Å². The molecule has 0 amide bonds. The lowest BCUT2D eigenvalue weighted by Gasteiger charge is -2.22. The van der Waals surface area contributed by atoms with Crippen molar-refractivity contribution in [3.8, 4) is 0 Å². The highest BCUT2D eigenvalue weighted by Crippen LogP contribution is 2.37. The van der Waals surface area contributed by atoms with E-state index < -0.39 is 11.9 Å². The molecular weight excluding hydrogens is 520 g/mol. The van der Waals surface area contributed by atoms with Crippen LogP contribution >= 0.6 is 0 Å². The molecule has 0 spiro atoms. The average Bonchev–Trinajstić information content (AvgIpc) is 2.95. The fourth-order valence-electron chi connectivity index (χ4n) is 5.55. The Balaban J connectivity index is 1.99. The van der Waals surface area contributed by atoms with Gasteiger partial charge >= 0.3 is 11.9 Å². The number of ether oxygens (including phenoxy) is 2. The van der Waals surface area contributed by atoms with Gasteiger partial charge in [-0.15, -0.1) is 0 Å². The van der Waals surface area contributed by atoms with Crippen molar-refractivity contribution in [2.75, 3.05) is 0 Å². The smallest absolute Gasteiger partial charge is 0.343 e. The summed E-state index contributed by atoms with van der Waals surface area (Å²) in [6.07, 6.45) is 1.74. The monoisotopic (exact) mass is 560 g/mol. The number of carbonyl (C=O) groups excluding carboxylic acids is 2. The fraction of sp³-hybridized carbons (Fsp3) is 0.263. The third-order valence-electron chi connectivity index (χ3n) is 7.60. The molecule has 0 radical (unpaired) electrons. The van der Waals surface area contributed by atoms with Crippen LogP contribution in [0.3, 0.4) is 0 Å². The van der Waals surface area contributed by atoms with Crippen LogP contribution in [0.5, 0.6) is 0 Å². The molecule has 0 saturated heterocycles. The number of aryl methyl sites for hydroxylation is 8. The summed E-state index contributed by atoms with van der Waals surface area (Å²) in [6, 6.07) is 23.0. The zero-order valence-corrected chi connectivity index (χ0v) is 26.0.